The first-order valence-corrected chi connectivity index (χ1v) is 11.5. The van der Waals surface area contributed by atoms with Gasteiger partial charge in [0.15, 0.2) is 0 Å². The molecule has 1 amide bonds. The molecule has 3 aromatic rings. The van der Waals surface area contributed by atoms with Crippen molar-refractivity contribution in [1.29, 1.82) is 0 Å². The van der Waals surface area contributed by atoms with Crippen LogP contribution in [0.5, 0.6) is 0 Å². The molecule has 0 atom stereocenters. The maximum atomic E-state index is 10.2. The summed E-state index contributed by atoms with van der Waals surface area (Å²) < 4.78 is 0. The number of aromatic nitrogens is 2. The third kappa shape index (κ3) is 7.87. The number of carbonyl (C=O) groups is 1. The van der Waals surface area contributed by atoms with E-state index in [1.165, 1.54) is 42.4 Å². The van der Waals surface area contributed by atoms with Gasteiger partial charge in [0.05, 0.1) is 0 Å². The number of hydrogen-bond acceptors (Lipinski definition) is 2. The topological polar surface area (TPSA) is 57.8 Å². The largest absolute Gasteiger partial charge is 0.367 e. The van der Waals surface area contributed by atoms with E-state index in [4.69, 9.17) is 11.6 Å². The summed E-state index contributed by atoms with van der Waals surface area (Å²) >= 11 is 5.90. The van der Waals surface area contributed by atoms with Crippen LogP contribution in [-0.2, 0) is 4.79 Å². The number of nitrogens with one attached hydrogen (secondary N) is 2. The molecule has 4 nitrogen and oxygen atoms in total. The average molecular weight is 440 g/mol. The summed E-state index contributed by atoms with van der Waals surface area (Å²) in [7, 11) is 0. The minimum Gasteiger partial charge on any atom is -0.367 e. The van der Waals surface area contributed by atoms with Crippen molar-refractivity contribution in [2.45, 2.75) is 52.4 Å². The van der Waals surface area contributed by atoms with E-state index in [0.717, 1.165) is 23.5 Å². The fourth-order valence-electron chi connectivity index (χ4n) is 3.96. The summed E-state index contributed by atoms with van der Waals surface area (Å²) in [5.74, 6) is 1.36. The van der Waals surface area contributed by atoms with E-state index in [1.54, 1.807) is 0 Å². The molecule has 2 aromatic heterocycles. The van der Waals surface area contributed by atoms with Crippen LogP contribution in [0.2, 0.25) is 5.02 Å². The Balaban J connectivity index is 0.000000208. The molecule has 2 heterocycles. The van der Waals surface area contributed by atoms with Crippen LogP contribution < -0.4 is 5.32 Å². The smallest absolute Gasteiger partial charge is 0.207 e. The number of aryl methyl sites for hydroxylation is 1. The molecule has 0 radical (unpaired) electrons. The summed E-state index contributed by atoms with van der Waals surface area (Å²) in [5.41, 5.74) is 5.02. The molecule has 4 rings (SSSR count). The lowest BCUT2D eigenvalue weighted by atomic mass is 9.79. The number of hydrogen-bond donors (Lipinski definition) is 2. The maximum Gasteiger partial charge on any atom is 0.207 e. The van der Waals surface area contributed by atoms with Crippen LogP contribution in [0.15, 0.2) is 61.2 Å². The van der Waals surface area contributed by atoms with Crippen molar-refractivity contribution >= 4 is 18.0 Å². The highest BCUT2D eigenvalue weighted by atomic mass is 35.5. The second-order valence-electron chi connectivity index (χ2n) is 7.59. The van der Waals surface area contributed by atoms with Crippen molar-refractivity contribution in [2.75, 3.05) is 6.54 Å². The van der Waals surface area contributed by atoms with E-state index in [9.17, 15) is 4.79 Å². The zero-order valence-electron chi connectivity index (χ0n) is 18.8. The zero-order chi connectivity index (χ0) is 22.5. The molecule has 0 aliphatic heterocycles. The second kappa shape index (κ2) is 13.7. The maximum absolute atomic E-state index is 10.2. The number of rotatable bonds is 5. The fourth-order valence-corrected chi connectivity index (χ4v) is 4.15. The molecule has 1 fully saturated rings. The average Bonchev–Trinajstić information content (AvgIpc) is 3.26. The Labute approximate surface area is 191 Å². The molecule has 0 saturated heterocycles. The highest BCUT2D eigenvalue weighted by Crippen LogP contribution is 2.35. The molecular formula is C26H34ClN3O. The van der Waals surface area contributed by atoms with Gasteiger partial charge in [-0.2, -0.15) is 0 Å². The molecule has 2 N–H and O–H groups in total. The van der Waals surface area contributed by atoms with Crippen LogP contribution in [0.1, 0.15) is 56.6 Å². The fraction of sp³-hybridized carbons (Fsp3) is 0.385. The van der Waals surface area contributed by atoms with Crippen LogP contribution in [0, 0.1) is 12.8 Å². The predicted molar refractivity (Wildman–Crippen MR) is 130 cm³/mol. The van der Waals surface area contributed by atoms with E-state index >= 15 is 0 Å². The molecule has 0 bridgehead atoms. The third-order valence-electron chi connectivity index (χ3n) is 5.60. The van der Waals surface area contributed by atoms with E-state index in [0.29, 0.717) is 11.8 Å². The molecule has 166 valence electrons. The van der Waals surface area contributed by atoms with Crippen molar-refractivity contribution in [1.82, 2.24) is 15.3 Å². The number of halogens is 1. The molecule has 5 heteroatoms. The molecule has 1 saturated carbocycles. The van der Waals surface area contributed by atoms with Gasteiger partial charge < -0.3 is 10.3 Å². The number of amides is 1. The predicted octanol–water partition coefficient (Wildman–Crippen LogP) is 6.77. The Morgan fingerprint density at radius 3 is 2.39 bits per heavy atom. The van der Waals surface area contributed by atoms with Crippen LogP contribution in [0.3, 0.4) is 0 Å². The summed E-state index contributed by atoms with van der Waals surface area (Å²) in [6.45, 7) is 6.92. The second-order valence-corrected chi connectivity index (χ2v) is 8.02. The van der Waals surface area contributed by atoms with E-state index in [2.05, 4.69) is 40.4 Å². The van der Waals surface area contributed by atoms with Crippen LogP contribution >= 0.6 is 11.6 Å². The molecule has 0 spiro atoms. The first kappa shape index (κ1) is 24.7. The summed E-state index contributed by atoms with van der Waals surface area (Å²) in [4.78, 5) is 17.3. The Morgan fingerprint density at radius 1 is 1.10 bits per heavy atom. The minimum atomic E-state index is 0.670. The van der Waals surface area contributed by atoms with Crippen molar-refractivity contribution in [2.24, 2.45) is 5.92 Å². The molecule has 31 heavy (non-hydrogen) atoms. The van der Waals surface area contributed by atoms with Gasteiger partial charge in [0.1, 0.15) is 0 Å². The monoisotopic (exact) mass is 439 g/mol. The first-order valence-electron chi connectivity index (χ1n) is 11.1. The molecule has 1 aliphatic rings. The number of benzene rings is 1. The quantitative estimate of drug-likeness (QED) is 0.431. The van der Waals surface area contributed by atoms with Gasteiger partial charge in [-0.15, -0.1) is 0 Å². The zero-order valence-corrected chi connectivity index (χ0v) is 19.5. The van der Waals surface area contributed by atoms with Crippen molar-refractivity contribution in [3.63, 3.8) is 0 Å². The minimum absolute atomic E-state index is 0.670. The number of pyridine rings is 1. The van der Waals surface area contributed by atoms with Gasteiger partial charge in [-0.3, -0.25) is 9.78 Å². The Kier molecular flexibility index (Phi) is 10.9. The van der Waals surface area contributed by atoms with Gasteiger partial charge in [0, 0.05) is 41.9 Å². The van der Waals surface area contributed by atoms with Crippen LogP contribution in [0.4, 0.5) is 0 Å². The normalized spacial score (nSPS) is 17.4. The van der Waals surface area contributed by atoms with Crippen molar-refractivity contribution < 1.29 is 4.79 Å². The van der Waals surface area contributed by atoms with Gasteiger partial charge in [-0.05, 0) is 85.4 Å². The van der Waals surface area contributed by atoms with E-state index in [1.807, 2.05) is 56.8 Å². The van der Waals surface area contributed by atoms with Crippen molar-refractivity contribution in [3.05, 3.63) is 77.3 Å². The van der Waals surface area contributed by atoms with E-state index in [-0.39, 0.29) is 0 Å². The summed E-state index contributed by atoms with van der Waals surface area (Å²) in [6.07, 6.45) is 13.4. The number of H-pyrrole nitrogens is 1. The van der Waals surface area contributed by atoms with E-state index < -0.39 is 0 Å². The SMILES string of the molecule is CC.Cc1c[nH]cc1-c1cccc(Cl)c1.O=CNCC1CCC(c2ccncc2)CC1. The lowest BCUT2D eigenvalue weighted by Gasteiger charge is -2.28. The summed E-state index contributed by atoms with van der Waals surface area (Å²) in [5, 5.41) is 3.56. The van der Waals surface area contributed by atoms with Gasteiger partial charge in [-0.1, -0.05) is 37.6 Å². The summed E-state index contributed by atoms with van der Waals surface area (Å²) in [6, 6.07) is 12.1. The standard InChI is InChI=1S/C13H18N2O.C11H10ClN.C2H6/c16-10-15-9-11-1-3-12(4-2-11)13-5-7-14-8-6-13;1-8-6-13-7-11(8)9-3-2-4-10(12)5-9;1-2/h5-8,10-12H,1-4,9H2,(H,15,16);2-7,13H,1H3;1-2H3. The highest BCUT2D eigenvalue weighted by molar-refractivity contribution is 6.30. The van der Waals surface area contributed by atoms with Gasteiger partial charge in [0.2, 0.25) is 6.41 Å². The van der Waals surface area contributed by atoms with Gasteiger partial charge >= 0.3 is 0 Å². The van der Waals surface area contributed by atoms with Gasteiger partial charge in [-0.25, -0.2) is 0 Å². The molecular weight excluding hydrogens is 406 g/mol. The molecule has 1 aliphatic carbocycles. The first-order chi connectivity index (χ1) is 15.2. The van der Waals surface area contributed by atoms with Crippen molar-refractivity contribution in [3.8, 4) is 11.1 Å². The highest BCUT2D eigenvalue weighted by Gasteiger charge is 2.21. The third-order valence-corrected chi connectivity index (χ3v) is 5.84. The Bertz CT molecular complexity index is 886. The number of aromatic amines is 1. The number of nitrogens with zero attached hydrogens (tertiary/aromatic N) is 1. The molecule has 1 aromatic carbocycles. The Morgan fingerprint density at radius 2 is 1.81 bits per heavy atom. The lowest BCUT2D eigenvalue weighted by molar-refractivity contribution is -0.109. The number of carbonyl (C=O) groups excluding carboxylic acids is 1. The molecule has 0 unspecified atom stereocenters. The lowest BCUT2D eigenvalue weighted by Crippen LogP contribution is -2.25. The van der Waals surface area contributed by atoms with Gasteiger partial charge in [0.25, 0.3) is 0 Å². The van der Waals surface area contributed by atoms with Crippen LogP contribution in [0.25, 0.3) is 11.1 Å². The van der Waals surface area contributed by atoms with Crippen LogP contribution in [-0.4, -0.2) is 22.9 Å². The Hall–Kier alpha value is -2.59.